The molecule has 148 valence electrons. The highest BCUT2D eigenvalue weighted by Crippen LogP contribution is 2.24. The summed E-state index contributed by atoms with van der Waals surface area (Å²) >= 11 is 0. The van der Waals surface area contributed by atoms with Crippen molar-refractivity contribution in [1.82, 2.24) is 20.2 Å². The predicted molar refractivity (Wildman–Crippen MR) is 94.9 cm³/mol. The first kappa shape index (κ1) is 19.4. The van der Waals surface area contributed by atoms with E-state index in [0.29, 0.717) is 11.3 Å². The van der Waals surface area contributed by atoms with Crippen LogP contribution in [-0.2, 0) is 0 Å². The number of hydrogen-bond acceptors (Lipinski definition) is 6. The number of aromatic nitrogens is 4. The van der Waals surface area contributed by atoms with Gasteiger partial charge in [-0.2, -0.15) is 18.3 Å². The lowest BCUT2D eigenvalue weighted by molar-refractivity contribution is -0.115. The van der Waals surface area contributed by atoms with Gasteiger partial charge >= 0.3 is 6.18 Å². The molecule has 1 amide bonds. The molecule has 8 nitrogen and oxygen atoms in total. The molecular weight excluding hydrogens is 377 g/mol. The molecule has 3 aromatic rings. The van der Waals surface area contributed by atoms with E-state index in [1.165, 1.54) is 30.8 Å². The van der Waals surface area contributed by atoms with E-state index < -0.39 is 18.6 Å². The summed E-state index contributed by atoms with van der Waals surface area (Å²) in [5.74, 6) is -0.272. The van der Waals surface area contributed by atoms with E-state index in [0.717, 1.165) is 5.69 Å². The first-order valence-electron chi connectivity index (χ1n) is 8.30. The van der Waals surface area contributed by atoms with Crippen molar-refractivity contribution >= 4 is 17.4 Å². The van der Waals surface area contributed by atoms with Crippen molar-refractivity contribution < 1.29 is 22.4 Å². The van der Waals surface area contributed by atoms with E-state index in [-0.39, 0.29) is 23.3 Å². The Labute approximate surface area is 157 Å². The lowest BCUT2D eigenvalue weighted by Crippen LogP contribution is -2.21. The second-order valence-electron chi connectivity index (χ2n) is 6.24. The van der Waals surface area contributed by atoms with Crippen LogP contribution >= 0.6 is 0 Å². The lowest BCUT2D eigenvalue weighted by Gasteiger charge is -2.08. The molecule has 0 saturated heterocycles. The average Bonchev–Trinajstić information content (AvgIpc) is 3.29. The number of carbonyl (C=O) groups is 1. The molecule has 0 radical (unpaired) electrons. The quantitative estimate of drug-likeness (QED) is 0.587. The van der Waals surface area contributed by atoms with Gasteiger partial charge < -0.3 is 15.1 Å². The van der Waals surface area contributed by atoms with Crippen LogP contribution in [0, 0.1) is 0 Å². The number of H-pyrrole nitrogens is 1. The third kappa shape index (κ3) is 4.67. The van der Waals surface area contributed by atoms with Gasteiger partial charge in [0, 0.05) is 11.8 Å². The number of halogens is 3. The third-order valence-corrected chi connectivity index (χ3v) is 3.71. The molecule has 3 aromatic heterocycles. The smallest absolute Gasteiger partial charge is 0.405 e. The van der Waals surface area contributed by atoms with Crippen LogP contribution in [0.3, 0.4) is 0 Å². The van der Waals surface area contributed by atoms with Crippen molar-refractivity contribution in [3.8, 4) is 11.5 Å². The Balaban J connectivity index is 1.73. The van der Waals surface area contributed by atoms with E-state index in [1.807, 2.05) is 13.8 Å². The zero-order valence-corrected chi connectivity index (χ0v) is 15.0. The highest BCUT2D eigenvalue weighted by Gasteiger charge is 2.27. The zero-order valence-electron chi connectivity index (χ0n) is 15.0. The summed E-state index contributed by atoms with van der Waals surface area (Å²) in [6, 6.07) is 2.87. The van der Waals surface area contributed by atoms with Gasteiger partial charge in [-0.05, 0) is 18.1 Å². The number of rotatable bonds is 6. The number of nitrogens with zero attached hydrogens (tertiary/aromatic N) is 3. The molecule has 0 atom stereocenters. The largest absolute Gasteiger partial charge is 0.444 e. The molecule has 3 heterocycles. The Kier molecular flexibility index (Phi) is 5.34. The molecule has 0 aliphatic rings. The summed E-state index contributed by atoms with van der Waals surface area (Å²) in [5.41, 5.74) is 1.70. The molecule has 3 N–H and O–H groups in total. The van der Waals surface area contributed by atoms with Crippen LogP contribution in [0.15, 0.2) is 35.2 Å². The second-order valence-corrected chi connectivity index (χ2v) is 6.24. The molecule has 0 aliphatic heterocycles. The molecule has 0 bridgehead atoms. The summed E-state index contributed by atoms with van der Waals surface area (Å²) in [5, 5.41) is 11.6. The standard InChI is InChI=1S/C17H17F3N6O2/c1-9(2)14-11(6-23-26-14)24-15(27)12-7-28-16(25-12)10-3-4-21-13(5-10)22-8-17(18,19)20/h3-7,9H,8H2,1-2H3,(H,21,22)(H,23,26)(H,24,27). The number of aromatic amines is 1. The molecule has 0 fully saturated rings. The minimum atomic E-state index is -4.37. The second kappa shape index (κ2) is 7.71. The van der Waals surface area contributed by atoms with Crippen molar-refractivity contribution in [3.05, 3.63) is 42.2 Å². The van der Waals surface area contributed by atoms with Gasteiger partial charge in [0.25, 0.3) is 5.91 Å². The summed E-state index contributed by atoms with van der Waals surface area (Å²) in [7, 11) is 0. The van der Waals surface area contributed by atoms with Gasteiger partial charge in [-0.3, -0.25) is 9.89 Å². The maximum Gasteiger partial charge on any atom is 0.405 e. The van der Waals surface area contributed by atoms with E-state index in [1.54, 1.807) is 0 Å². The number of oxazole rings is 1. The van der Waals surface area contributed by atoms with Gasteiger partial charge in [0.15, 0.2) is 5.69 Å². The van der Waals surface area contributed by atoms with E-state index in [9.17, 15) is 18.0 Å². The number of amides is 1. The summed E-state index contributed by atoms with van der Waals surface area (Å²) in [6.45, 7) is 2.68. The molecule has 3 rings (SSSR count). The molecule has 0 unspecified atom stereocenters. The normalized spacial score (nSPS) is 11.6. The van der Waals surface area contributed by atoms with Gasteiger partial charge in [0.2, 0.25) is 5.89 Å². The topological polar surface area (TPSA) is 109 Å². The number of nitrogens with one attached hydrogen (secondary N) is 3. The van der Waals surface area contributed by atoms with Gasteiger partial charge in [-0.25, -0.2) is 9.97 Å². The minimum Gasteiger partial charge on any atom is -0.444 e. The van der Waals surface area contributed by atoms with Gasteiger partial charge in [-0.1, -0.05) is 13.8 Å². The zero-order chi connectivity index (χ0) is 20.3. The van der Waals surface area contributed by atoms with Crippen LogP contribution in [0.25, 0.3) is 11.5 Å². The highest BCUT2D eigenvalue weighted by atomic mass is 19.4. The number of pyridine rings is 1. The molecule has 0 saturated carbocycles. The third-order valence-electron chi connectivity index (χ3n) is 3.71. The lowest BCUT2D eigenvalue weighted by atomic mass is 10.1. The van der Waals surface area contributed by atoms with E-state index in [4.69, 9.17) is 4.42 Å². The molecule has 0 aromatic carbocycles. The van der Waals surface area contributed by atoms with Crippen LogP contribution in [0.2, 0.25) is 0 Å². The van der Waals surface area contributed by atoms with Crippen molar-refractivity contribution in [1.29, 1.82) is 0 Å². The fraction of sp³-hybridized carbons (Fsp3) is 0.294. The van der Waals surface area contributed by atoms with Crippen LogP contribution < -0.4 is 10.6 Å². The molecule has 0 spiro atoms. The Morgan fingerprint density at radius 1 is 1.36 bits per heavy atom. The predicted octanol–water partition coefficient (Wildman–Crippen LogP) is 3.81. The molecule has 0 aliphatic carbocycles. The maximum atomic E-state index is 12.4. The van der Waals surface area contributed by atoms with Crippen molar-refractivity contribution in [2.24, 2.45) is 0 Å². The first-order valence-corrected chi connectivity index (χ1v) is 8.30. The Hall–Kier alpha value is -3.37. The van der Waals surface area contributed by atoms with Gasteiger partial charge in [0.1, 0.15) is 18.6 Å². The highest BCUT2D eigenvalue weighted by molar-refractivity contribution is 6.03. The number of carbonyl (C=O) groups excluding carboxylic acids is 1. The number of hydrogen-bond donors (Lipinski definition) is 3. The number of alkyl halides is 3. The Morgan fingerprint density at radius 3 is 2.86 bits per heavy atom. The summed E-state index contributed by atoms with van der Waals surface area (Å²) in [6.07, 6.45) is -0.384. The van der Waals surface area contributed by atoms with Crippen molar-refractivity contribution in [2.45, 2.75) is 25.9 Å². The van der Waals surface area contributed by atoms with Gasteiger partial charge in [-0.15, -0.1) is 0 Å². The van der Waals surface area contributed by atoms with Crippen LogP contribution in [-0.4, -0.2) is 38.8 Å². The number of anilines is 2. The fourth-order valence-electron chi connectivity index (χ4n) is 2.38. The van der Waals surface area contributed by atoms with Crippen LogP contribution in [0.4, 0.5) is 24.7 Å². The van der Waals surface area contributed by atoms with Crippen molar-refractivity contribution in [2.75, 3.05) is 17.2 Å². The molecule has 11 heteroatoms. The SMILES string of the molecule is CC(C)c1[nH]ncc1NC(=O)c1coc(-c2ccnc(NCC(F)(F)F)c2)n1. The van der Waals surface area contributed by atoms with Crippen LogP contribution in [0.1, 0.15) is 35.9 Å². The van der Waals surface area contributed by atoms with Gasteiger partial charge in [0.05, 0.1) is 17.6 Å². The Morgan fingerprint density at radius 2 is 2.14 bits per heavy atom. The monoisotopic (exact) mass is 394 g/mol. The summed E-state index contributed by atoms with van der Waals surface area (Å²) in [4.78, 5) is 20.3. The maximum absolute atomic E-state index is 12.4. The molecule has 28 heavy (non-hydrogen) atoms. The van der Waals surface area contributed by atoms with Crippen molar-refractivity contribution in [3.63, 3.8) is 0 Å². The molecular formula is C17H17F3N6O2. The summed E-state index contributed by atoms with van der Waals surface area (Å²) < 4.78 is 42.3. The fourth-order valence-corrected chi connectivity index (χ4v) is 2.38. The first-order chi connectivity index (χ1) is 13.2. The van der Waals surface area contributed by atoms with E-state index in [2.05, 4.69) is 30.8 Å². The van der Waals surface area contributed by atoms with Crippen LogP contribution in [0.5, 0.6) is 0 Å². The average molecular weight is 394 g/mol. The minimum absolute atomic E-state index is 0.0130. The van der Waals surface area contributed by atoms with E-state index >= 15 is 0 Å². The Bertz CT molecular complexity index is 964.